The van der Waals surface area contributed by atoms with E-state index in [2.05, 4.69) is 9.53 Å². The topological polar surface area (TPSA) is 62.7 Å². The highest BCUT2D eigenvalue weighted by Crippen LogP contribution is 2.31. The van der Waals surface area contributed by atoms with E-state index in [4.69, 9.17) is 5.53 Å². The lowest BCUT2D eigenvalue weighted by atomic mass is 9.96. The molecule has 0 aliphatic rings. The zero-order valence-electron chi connectivity index (χ0n) is 12.0. The van der Waals surface area contributed by atoms with Gasteiger partial charge in [-0.05, 0) is 29.3 Å². The van der Waals surface area contributed by atoms with Crippen molar-refractivity contribution in [1.82, 2.24) is 0 Å². The van der Waals surface area contributed by atoms with Crippen molar-refractivity contribution in [2.24, 2.45) is 0 Å². The number of nitrogens with zero attached hydrogens (tertiary/aromatic N) is 2. The molecule has 0 aromatic heterocycles. The van der Waals surface area contributed by atoms with Crippen molar-refractivity contribution in [3.05, 3.63) is 65.2 Å². The standard InChI is InChI=1S/C16H11F3N2O2/c1-23-15(22)14(21-20)13-5-3-2-4-12(13)10-6-8-11(9-7-10)16(17,18)19/h2-9H,1H3. The lowest BCUT2D eigenvalue weighted by molar-refractivity contribution is -0.138. The number of methoxy groups -OCH3 is 1. The third-order valence-electron chi connectivity index (χ3n) is 3.18. The van der Waals surface area contributed by atoms with Crippen molar-refractivity contribution >= 4 is 11.7 Å². The molecule has 0 aliphatic heterocycles. The van der Waals surface area contributed by atoms with Crippen molar-refractivity contribution < 1.29 is 27.5 Å². The highest BCUT2D eigenvalue weighted by molar-refractivity contribution is 6.42. The maximum absolute atomic E-state index is 12.6. The van der Waals surface area contributed by atoms with Crippen LogP contribution in [0.1, 0.15) is 11.1 Å². The Labute approximate surface area is 129 Å². The first kappa shape index (κ1) is 16.5. The summed E-state index contributed by atoms with van der Waals surface area (Å²) >= 11 is 0. The van der Waals surface area contributed by atoms with Crippen LogP contribution in [0.5, 0.6) is 0 Å². The summed E-state index contributed by atoms with van der Waals surface area (Å²) in [5, 5.41) is 0. The minimum Gasteiger partial charge on any atom is -0.460 e. The molecule has 118 valence electrons. The van der Waals surface area contributed by atoms with Gasteiger partial charge in [0.2, 0.25) is 0 Å². The van der Waals surface area contributed by atoms with Gasteiger partial charge in [0.15, 0.2) is 0 Å². The van der Waals surface area contributed by atoms with E-state index in [-0.39, 0.29) is 11.3 Å². The molecule has 0 saturated carbocycles. The van der Waals surface area contributed by atoms with Gasteiger partial charge >= 0.3 is 17.9 Å². The fraction of sp³-hybridized carbons (Fsp3) is 0.125. The SMILES string of the molecule is COC(=O)C(=[N+]=[N-])c1ccccc1-c1ccc(C(F)(F)F)cc1. The molecule has 2 aromatic rings. The molecule has 7 heteroatoms. The Morgan fingerprint density at radius 3 is 2.22 bits per heavy atom. The Hall–Kier alpha value is -2.92. The minimum absolute atomic E-state index is 0.251. The summed E-state index contributed by atoms with van der Waals surface area (Å²) in [6.07, 6.45) is -4.43. The number of hydrogen-bond acceptors (Lipinski definition) is 2. The van der Waals surface area contributed by atoms with E-state index in [9.17, 15) is 18.0 Å². The van der Waals surface area contributed by atoms with E-state index in [0.29, 0.717) is 11.1 Å². The summed E-state index contributed by atoms with van der Waals surface area (Å²) in [5.74, 6) is -0.855. The van der Waals surface area contributed by atoms with E-state index in [1.807, 2.05) is 0 Å². The molecule has 0 N–H and O–H groups in total. The van der Waals surface area contributed by atoms with Crippen LogP contribution in [-0.2, 0) is 15.7 Å². The molecule has 0 fully saturated rings. The third-order valence-corrected chi connectivity index (χ3v) is 3.18. The molecule has 4 nitrogen and oxygen atoms in total. The zero-order chi connectivity index (χ0) is 17.0. The van der Waals surface area contributed by atoms with Crippen LogP contribution < -0.4 is 0 Å². The molecule has 0 aliphatic carbocycles. The number of carbonyl (C=O) groups excluding carboxylic acids is 1. The van der Waals surface area contributed by atoms with Crippen molar-refractivity contribution in [3.8, 4) is 11.1 Å². The molecule has 0 unspecified atom stereocenters. The summed E-state index contributed by atoms with van der Waals surface area (Å²) < 4.78 is 42.4. The second kappa shape index (κ2) is 6.46. The molecule has 0 spiro atoms. The van der Waals surface area contributed by atoms with Gasteiger partial charge in [-0.25, -0.2) is 4.79 Å². The first-order chi connectivity index (χ1) is 10.9. The van der Waals surface area contributed by atoms with Gasteiger partial charge in [-0.15, -0.1) is 0 Å². The Bertz CT molecular complexity index is 777. The van der Waals surface area contributed by atoms with Gasteiger partial charge in [0.05, 0.1) is 18.2 Å². The van der Waals surface area contributed by atoms with Crippen LogP contribution in [0.15, 0.2) is 48.5 Å². The average Bonchev–Trinajstić information content (AvgIpc) is 2.55. The normalized spacial score (nSPS) is 10.8. The van der Waals surface area contributed by atoms with E-state index in [1.165, 1.54) is 18.2 Å². The highest BCUT2D eigenvalue weighted by atomic mass is 19.4. The summed E-state index contributed by atoms with van der Waals surface area (Å²) in [4.78, 5) is 14.6. The number of esters is 1. The minimum atomic E-state index is -4.43. The van der Waals surface area contributed by atoms with Crippen molar-refractivity contribution in [2.75, 3.05) is 7.11 Å². The number of hydrogen-bond donors (Lipinski definition) is 0. The smallest absolute Gasteiger partial charge is 0.422 e. The van der Waals surface area contributed by atoms with Crippen molar-refractivity contribution in [3.63, 3.8) is 0 Å². The van der Waals surface area contributed by atoms with E-state index in [1.54, 1.807) is 18.2 Å². The van der Waals surface area contributed by atoms with Crippen LogP contribution >= 0.6 is 0 Å². The third kappa shape index (κ3) is 3.46. The molecule has 0 amide bonds. The summed E-state index contributed by atoms with van der Waals surface area (Å²) in [5.41, 5.74) is 9.07. The molecular weight excluding hydrogens is 309 g/mol. The monoisotopic (exact) mass is 320 g/mol. The maximum Gasteiger partial charge on any atom is 0.422 e. The van der Waals surface area contributed by atoms with Gasteiger partial charge in [-0.2, -0.15) is 18.0 Å². The van der Waals surface area contributed by atoms with E-state index in [0.717, 1.165) is 19.2 Å². The molecule has 2 rings (SSSR count). The first-order valence-corrected chi connectivity index (χ1v) is 6.46. The van der Waals surface area contributed by atoms with Gasteiger partial charge in [-0.3, -0.25) is 0 Å². The van der Waals surface area contributed by atoms with Crippen LogP contribution in [0, 0.1) is 0 Å². The number of halogens is 3. The number of benzene rings is 2. The van der Waals surface area contributed by atoms with Gasteiger partial charge in [0.1, 0.15) is 0 Å². The van der Waals surface area contributed by atoms with Crippen LogP contribution in [0.4, 0.5) is 13.2 Å². The Morgan fingerprint density at radius 2 is 1.70 bits per heavy atom. The van der Waals surface area contributed by atoms with Gasteiger partial charge in [0, 0.05) is 0 Å². The number of alkyl halides is 3. The summed E-state index contributed by atoms with van der Waals surface area (Å²) in [6, 6.07) is 10.8. The molecule has 0 saturated heterocycles. The van der Waals surface area contributed by atoms with E-state index >= 15 is 0 Å². The van der Waals surface area contributed by atoms with Crippen molar-refractivity contribution in [1.29, 1.82) is 0 Å². The predicted molar refractivity (Wildman–Crippen MR) is 76.6 cm³/mol. The van der Waals surface area contributed by atoms with Gasteiger partial charge in [0.25, 0.3) is 0 Å². The molecule has 2 aromatic carbocycles. The average molecular weight is 320 g/mol. The summed E-state index contributed by atoms with van der Waals surface area (Å²) in [6.45, 7) is 0. The lowest BCUT2D eigenvalue weighted by Crippen LogP contribution is -2.19. The molecule has 0 bridgehead atoms. The first-order valence-electron chi connectivity index (χ1n) is 6.46. The highest BCUT2D eigenvalue weighted by Gasteiger charge is 2.31. The zero-order valence-corrected chi connectivity index (χ0v) is 12.0. The number of rotatable bonds is 3. The lowest BCUT2D eigenvalue weighted by Gasteiger charge is -2.09. The number of ether oxygens (including phenoxy) is 1. The predicted octanol–water partition coefficient (Wildman–Crippen LogP) is 3.56. The van der Waals surface area contributed by atoms with E-state index < -0.39 is 17.7 Å². The van der Waals surface area contributed by atoms with Gasteiger partial charge < -0.3 is 10.3 Å². The van der Waals surface area contributed by atoms with Crippen LogP contribution in [0.2, 0.25) is 0 Å². The Kier molecular flexibility index (Phi) is 4.62. The molecule has 0 radical (unpaired) electrons. The number of carbonyl (C=O) groups is 1. The fourth-order valence-corrected chi connectivity index (χ4v) is 2.08. The van der Waals surface area contributed by atoms with Crippen LogP contribution in [-0.4, -0.2) is 23.6 Å². The second-order valence-electron chi connectivity index (χ2n) is 4.56. The maximum atomic E-state index is 12.6. The van der Waals surface area contributed by atoms with Crippen LogP contribution in [0.25, 0.3) is 16.7 Å². The molecular formula is C16H11F3N2O2. The largest absolute Gasteiger partial charge is 0.460 e. The quantitative estimate of drug-likeness (QED) is 0.376. The Balaban J connectivity index is 2.53. The molecule has 23 heavy (non-hydrogen) atoms. The molecule has 0 heterocycles. The van der Waals surface area contributed by atoms with Crippen LogP contribution in [0.3, 0.4) is 0 Å². The fourth-order valence-electron chi connectivity index (χ4n) is 2.08. The second-order valence-corrected chi connectivity index (χ2v) is 4.56. The molecule has 0 atom stereocenters. The van der Waals surface area contributed by atoms with Gasteiger partial charge in [-0.1, -0.05) is 30.3 Å². The van der Waals surface area contributed by atoms with Crippen molar-refractivity contribution in [2.45, 2.75) is 6.18 Å². The summed E-state index contributed by atoms with van der Waals surface area (Å²) in [7, 11) is 1.13. The Morgan fingerprint density at radius 1 is 1.09 bits per heavy atom.